The lowest BCUT2D eigenvalue weighted by Crippen LogP contribution is -2.18. The lowest BCUT2D eigenvalue weighted by atomic mass is 9.91. The summed E-state index contributed by atoms with van der Waals surface area (Å²) in [5.74, 6) is 0. The number of hydrogen-bond acceptors (Lipinski definition) is 1. The van der Waals surface area contributed by atoms with E-state index in [2.05, 4.69) is 5.32 Å². The van der Waals surface area contributed by atoms with Crippen molar-refractivity contribution in [2.24, 2.45) is 0 Å². The van der Waals surface area contributed by atoms with Crippen molar-refractivity contribution in [3.63, 3.8) is 0 Å². The van der Waals surface area contributed by atoms with Gasteiger partial charge in [0.1, 0.15) is 5.67 Å². The van der Waals surface area contributed by atoms with Gasteiger partial charge < -0.3 is 5.32 Å². The molecule has 1 heterocycles. The molecule has 1 aliphatic rings. The molecule has 0 saturated heterocycles. The van der Waals surface area contributed by atoms with Crippen LogP contribution < -0.4 is 5.32 Å². The predicted molar refractivity (Wildman–Crippen MR) is 56.2 cm³/mol. The fourth-order valence-corrected chi connectivity index (χ4v) is 2.04. The van der Waals surface area contributed by atoms with E-state index in [9.17, 15) is 4.39 Å². The van der Waals surface area contributed by atoms with Crippen molar-refractivity contribution >= 4 is 11.6 Å². The molecule has 0 radical (unpaired) electrons. The average Bonchev–Trinajstić information content (AvgIpc) is 2.26. The quantitative estimate of drug-likeness (QED) is 0.699. The molecule has 0 bridgehead atoms. The maximum Gasteiger partial charge on any atom is 0.134 e. The zero-order valence-corrected chi connectivity index (χ0v) is 8.87. The fourth-order valence-electron chi connectivity index (χ4n) is 1.87. The van der Waals surface area contributed by atoms with E-state index >= 15 is 0 Å². The van der Waals surface area contributed by atoms with E-state index in [1.165, 1.54) is 0 Å². The molecule has 0 fully saturated rings. The molecule has 1 atom stereocenters. The second kappa shape index (κ2) is 3.52. The van der Waals surface area contributed by atoms with Gasteiger partial charge in [-0.25, -0.2) is 4.39 Å². The Labute approximate surface area is 88.3 Å². The maximum atomic E-state index is 14.2. The molecule has 0 aliphatic carbocycles. The van der Waals surface area contributed by atoms with Crippen molar-refractivity contribution in [1.29, 1.82) is 0 Å². The highest BCUT2D eigenvalue weighted by Crippen LogP contribution is 2.34. The molecular weight excluding hydrogens is 201 g/mol. The summed E-state index contributed by atoms with van der Waals surface area (Å²) in [5, 5.41) is 3.80. The summed E-state index contributed by atoms with van der Waals surface area (Å²) in [5.41, 5.74) is 0.482. The third kappa shape index (κ3) is 1.77. The van der Waals surface area contributed by atoms with Crippen molar-refractivity contribution in [3.8, 4) is 0 Å². The van der Waals surface area contributed by atoms with Gasteiger partial charge in [0.25, 0.3) is 0 Å². The summed E-state index contributed by atoms with van der Waals surface area (Å²) in [6.45, 7) is 3.06. The van der Waals surface area contributed by atoms with Crippen LogP contribution in [0, 0.1) is 0 Å². The highest BCUT2D eigenvalue weighted by molar-refractivity contribution is 6.30. The molecule has 0 aromatic heterocycles. The molecule has 14 heavy (non-hydrogen) atoms. The lowest BCUT2D eigenvalue weighted by Gasteiger charge is -2.20. The highest BCUT2D eigenvalue weighted by Gasteiger charge is 2.30. The van der Waals surface area contributed by atoms with E-state index in [1.54, 1.807) is 13.0 Å². The first-order valence-electron chi connectivity index (χ1n) is 4.78. The molecule has 2 rings (SSSR count). The molecule has 1 aliphatic heterocycles. The van der Waals surface area contributed by atoms with Crippen LogP contribution in [0.2, 0.25) is 5.02 Å². The molecule has 0 saturated carbocycles. The second-order valence-electron chi connectivity index (χ2n) is 3.93. The third-order valence-electron chi connectivity index (χ3n) is 2.72. The molecule has 1 nitrogen and oxygen atoms in total. The molecule has 0 amide bonds. The van der Waals surface area contributed by atoms with Crippen molar-refractivity contribution < 1.29 is 4.39 Å². The number of hydrogen-bond donors (Lipinski definition) is 1. The lowest BCUT2D eigenvalue weighted by molar-refractivity contribution is 0.180. The van der Waals surface area contributed by atoms with E-state index in [0.29, 0.717) is 18.0 Å². The number of rotatable bonds is 0. The number of halogens is 2. The van der Waals surface area contributed by atoms with Crippen LogP contribution in [0.4, 0.5) is 4.39 Å². The van der Waals surface area contributed by atoms with Crippen LogP contribution >= 0.6 is 11.6 Å². The van der Waals surface area contributed by atoms with E-state index in [1.807, 2.05) is 12.1 Å². The van der Waals surface area contributed by atoms with Crippen LogP contribution in [-0.2, 0) is 12.2 Å². The van der Waals surface area contributed by atoms with Gasteiger partial charge in [0.2, 0.25) is 0 Å². The monoisotopic (exact) mass is 213 g/mol. The Bertz CT molecular complexity index is 349. The highest BCUT2D eigenvalue weighted by atomic mass is 35.5. The van der Waals surface area contributed by atoms with Gasteiger partial charge in [-0.05, 0) is 43.1 Å². The van der Waals surface area contributed by atoms with Gasteiger partial charge in [-0.1, -0.05) is 17.7 Å². The maximum absolute atomic E-state index is 14.2. The van der Waals surface area contributed by atoms with Gasteiger partial charge in [-0.2, -0.15) is 0 Å². The Morgan fingerprint density at radius 1 is 1.50 bits per heavy atom. The summed E-state index contributed by atoms with van der Waals surface area (Å²) < 4.78 is 14.2. The fraction of sp³-hybridized carbons (Fsp3) is 0.455. The van der Waals surface area contributed by atoms with Gasteiger partial charge in [0, 0.05) is 11.6 Å². The van der Waals surface area contributed by atoms with Gasteiger partial charge in [0.15, 0.2) is 0 Å². The minimum atomic E-state index is -1.26. The minimum absolute atomic E-state index is 0.500. The van der Waals surface area contributed by atoms with Crippen molar-refractivity contribution in [2.75, 3.05) is 6.54 Å². The van der Waals surface area contributed by atoms with Crippen LogP contribution in [0.5, 0.6) is 0 Å². The van der Waals surface area contributed by atoms with Crippen molar-refractivity contribution in [3.05, 3.63) is 34.3 Å². The standard InChI is InChI=1S/C11H13ClFN/c1-11(13)4-5-14-7-8-2-3-9(12)6-10(8)11/h2-3,6,14H,4-5,7H2,1H3. The molecule has 3 heteroatoms. The molecule has 1 aromatic rings. The Balaban J connectivity index is 2.52. The normalized spacial score (nSPS) is 26.8. The van der Waals surface area contributed by atoms with Crippen LogP contribution in [0.1, 0.15) is 24.5 Å². The first kappa shape index (κ1) is 9.94. The van der Waals surface area contributed by atoms with Crippen LogP contribution in [-0.4, -0.2) is 6.54 Å². The third-order valence-corrected chi connectivity index (χ3v) is 2.96. The number of benzene rings is 1. The topological polar surface area (TPSA) is 12.0 Å². The van der Waals surface area contributed by atoms with Crippen molar-refractivity contribution in [1.82, 2.24) is 5.32 Å². The predicted octanol–water partition coefficient (Wildman–Crippen LogP) is 3.02. The van der Waals surface area contributed by atoms with Gasteiger partial charge in [0.05, 0.1) is 0 Å². The van der Waals surface area contributed by atoms with E-state index in [0.717, 1.165) is 17.7 Å². The van der Waals surface area contributed by atoms with Crippen LogP contribution in [0.25, 0.3) is 0 Å². The number of nitrogens with one attached hydrogen (secondary N) is 1. The minimum Gasteiger partial charge on any atom is -0.313 e. The largest absolute Gasteiger partial charge is 0.313 e. The molecule has 1 unspecified atom stereocenters. The molecule has 1 N–H and O–H groups in total. The smallest absolute Gasteiger partial charge is 0.134 e. The SMILES string of the molecule is CC1(F)CCNCc2ccc(Cl)cc21. The zero-order chi connectivity index (χ0) is 10.2. The van der Waals surface area contributed by atoms with E-state index in [-0.39, 0.29) is 0 Å². The molecular formula is C11H13ClFN. The first-order chi connectivity index (χ1) is 6.59. The summed E-state index contributed by atoms with van der Waals surface area (Å²) in [7, 11) is 0. The Morgan fingerprint density at radius 2 is 2.29 bits per heavy atom. The van der Waals surface area contributed by atoms with Crippen molar-refractivity contribution in [2.45, 2.75) is 25.6 Å². The first-order valence-corrected chi connectivity index (χ1v) is 5.16. The van der Waals surface area contributed by atoms with Crippen LogP contribution in [0.15, 0.2) is 18.2 Å². The Morgan fingerprint density at radius 3 is 3.07 bits per heavy atom. The summed E-state index contributed by atoms with van der Waals surface area (Å²) >= 11 is 5.87. The van der Waals surface area contributed by atoms with Gasteiger partial charge in [-0.15, -0.1) is 0 Å². The summed E-state index contributed by atoms with van der Waals surface area (Å²) in [6.07, 6.45) is 0.500. The average molecular weight is 214 g/mol. The molecule has 76 valence electrons. The van der Waals surface area contributed by atoms with Crippen LogP contribution in [0.3, 0.4) is 0 Å². The number of alkyl halides is 1. The summed E-state index contributed by atoms with van der Waals surface area (Å²) in [4.78, 5) is 0. The molecule has 1 aromatic carbocycles. The number of fused-ring (bicyclic) bond motifs is 1. The Hall–Kier alpha value is -0.600. The van der Waals surface area contributed by atoms with Gasteiger partial charge in [-0.3, -0.25) is 0 Å². The van der Waals surface area contributed by atoms with E-state index < -0.39 is 5.67 Å². The van der Waals surface area contributed by atoms with E-state index in [4.69, 9.17) is 11.6 Å². The van der Waals surface area contributed by atoms with Gasteiger partial charge >= 0.3 is 0 Å². The zero-order valence-electron chi connectivity index (χ0n) is 8.11. The summed E-state index contributed by atoms with van der Waals surface area (Å²) in [6, 6.07) is 5.45. The molecule has 0 spiro atoms. The Kier molecular flexibility index (Phi) is 2.50. The second-order valence-corrected chi connectivity index (χ2v) is 4.36.